The molecule has 3 N–H and O–H groups in total. The van der Waals surface area contributed by atoms with Crippen LogP contribution in [-0.2, 0) is 15.8 Å². The van der Waals surface area contributed by atoms with Crippen molar-refractivity contribution in [2.24, 2.45) is 5.73 Å². The summed E-state index contributed by atoms with van der Waals surface area (Å²) in [5, 5.41) is 2.05. The number of piperazine rings is 1. The fourth-order valence-electron chi connectivity index (χ4n) is 2.66. The van der Waals surface area contributed by atoms with E-state index in [-0.39, 0.29) is 18.1 Å². The molecular formula is C16H20ClF3N4O2. The number of carbonyl (C=O) groups is 2. The van der Waals surface area contributed by atoms with Gasteiger partial charge < -0.3 is 16.0 Å². The van der Waals surface area contributed by atoms with E-state index < -0.39 is 22.7 Å². The Morgan fingerprint density at radius 2 is 1.77 bits per heavy atom. The topological polar surface area (TPSA) is 78.7 Å². The van der Waals surface area contributed by atoms with Gasteiger partial charge in [0.05, 0.1) is 17.1 Å². The molecule has 2 rings (SSSR count). The largest absolute Gasteiger partial charge is 0.417 e. The molecule has 1 aliphatic rings. The molecule has 2 amide bonds. The number of hydrogen-bond acceptors (Lipinski definition) is 4. The lowest BCUT2D eigenvalue weighted by Gasteiger charge is -2.34. The first-order chi connectivity index (χ1) is 12.1. The SMILES string of the molecule is NC(=O)CCN1CCN(CC(=O)Nc2ccc(Cl)c(C(F)(F)F)c2)CC1. The molecule has 26 heavy (non-hydrogen) atoms. The molecule has 1 saturated heterocycles. The molecule has 1 aliphatic heterocycles. The maximum absolute atomic E-state index is 12.8. The van der Waals surface area contributed by atoms with Crippen LogP contribution in [0.25, 0.3) is 0 Å². The lowest BCUT2D eigenvalue weighted by atomic mass is 10.2. The summed E-state index contributed by atoms with van der Waals surface area (Å²) in [6, 6.07) is 3.26. The smallest absolute Gasteiger partial charge is 0.370 e. The van der Waals surface area contributed by atoms with Crippen molar-refractivity contribution in [2.75, 3.05) is 44.6 Å². The summed E-state index contributed by atoms with van der Waals surface area (Å²) < 4.78 is 38.5. The highest BCUT2D eigenvalue weighted by Gasteiger charge is 2.33. The van der Waals surface area contributed by atoms with Crippen molar-refractivity contribution in [1.82, 2.24) is 9.80 Å². The fourth-order valence-corrected chi connectivity index (χ4v) is 2.89. The lowest BCUT2D eigenvalue weighted by molar-refractivity contribution is -0.137. The van der Waals surface area contributed by atoms with Crippen molar-refractivity contribution in [2.45, 2.75) is 12.6 Å². The number of nitrogens with zero attached hydrogens (tertiary/aromatic N) is 2. The van der Waals surface area contributed by atoms with Crippen molar-refractivity contribution in [3.8, 4) is 0 Å². The minimum atomic E-state index is -4.58. The number of carbonyl (C=O) groups excluding carboxylic acids is 2. The highest BCUT2D eigenvalue weighted by molar-refractivity contribution is 6.31. The molecule has 1 aromatic rings. The second kappa shape index (κ2) is 8.70. The van der Waals surface area contributed by atoms with Gasteiger partial charge in [0.1, 0.15) is 0 Å². The summed E-state index contributed by atoms with van der Waals surface area (Å²) in [7, 11) is 0. The Kier molecular flexibility index (Phi) is 6.85. The van der Waals surface area contributed by atoms with Crippen molar-refractivity contribution < 1.29 is 22.8 Å². The van der Waals surface area contributed by atoms with Gasteiger partial charge in [-0.05, 0) is 18.2 Å². The molecule has 1 aromatic carbocycles. The molecule has 1 heterocycles. The molecule has 0 radical (unpaired) electrons. The third kappa shape index (κ3) is 6.15. The van der Waals surface area contributed by atoms with Gasteiger partial charge in [-0.3, -0.25) is 14.5 Å². The maximum atomic E-state index is 12.8. The zero-order chi connectivity index (χ0) is 19.3. The monoisotopic (exact) mass is 392 g/mol. The molecule has 0 aliphatic carbocycles. The van der Waals surface area contributed by atoms with Gasteiger partial charge in [0.15, 0.2) is 0 Å². The van der Waals surface area contributed by atoms with Crippen LogP contribution in [0.4, 0.5) is 18.9 Å². The Morgan fingerprint density at radius 3 is 2.35 bits per heavy atom. The van der Waals surface area contributed by atoms with Gasteiger partial charge in [-0.2, -0.15) is 13.2 Å². The normalized spacial score (nSPS) is 16.5. The van der Waals surface area contributed by atoms with Gasteiger partial charge in [-0.15, -0.1) is 0 Å². The number of amides is 2. The Labute approximate surface area is 154 Å². The van der Waals surface area contributed by atoms with Gasteiger partial charge >= 0.3 is 6.18 Å². The first-order valence-corrected chi connectivity index (χ1v) is 8.42. The minimum absolute atomic E-state index is 0.0480. The molecule has 0 aromatic heterocycles. The van der Waals surface area contributed by atoms with Gasteiger partial charge in [-0.25, -0.2) is 0 Å². The number of anilines is 1. The standard InChI is InChI=1S/C16H20ClF3N4O2/c17-13-2-1-11(9-12(13)16(18,19)20)22-15(26)10-24-7-5-23(6-8-24)4-3-14(21)25/h1-2,9H,3-8,10H2,(H2,21,25)(H,22,26). The third-order valence-electron chi connectivity index (χ3n) is 4.06. The van der Waals surface area contributed by atoms with Crippen molar-refractivity contribution in [3.05, 3.63) is 28.8 Å². The molecule has 0 atom stereocenters. The Bertz CT molecular complexity index is 661. The summed E-state index contributed by atoms with van der Waals surface area (Å²) in [6.45, 7) is 3.30. The Morgan fingerprint density at radius 1 is 1.15 bits per heavy atom. The number of hydrogen-bond donors (Lipinski definition) is 2. The van der Waals surface area contributed by atoms with E-state index >= 15 is 0 Å². The Balaban J connectivity index is 1.84. The quantitative estimate of drug-likeness (QED) is 0.773. The first-order valence-electron chi connectivity index (χ1n) is 8.05. The molecule has 1 fully saturated rings. The number of alkyl halides is 3. The summed E-state index contributed by atoms with van der Waals surface area (Å²) in [5.74, 6) is -0.751. The van der Waals surface area contributed by atoms with Gasteiger partial charge in [0, 0.05) is 44.8 Å². The van der Waals surface area contributed by atoms with E-state index in [4.69, 9.17) is 17.3 Å². The van der Waals surface area contributed by atoms with Gasteiger partial charge in [0.25, 0.3) is 0 Å². The number of nitrogens with two attached hydrogens (primary N) is 1. The van der Waals surface area contributed by atoms with E-state index in [9.17, 15) is 22.8 Å². The van der Waals surface area contributed by atoms with Crippen LogP contribution >= 0.6 is 11.6 Å². The van der Waals surface area contributed by atoms with Gasteiger partial charge in [-0.1, -0.05) is 11.6 Å². The number of benzene rings is 1. The fraction of sp³-hybridized carbons (Fsp3) is 0.500. The predicted molar refractivity (Wildman–Crippen MR) is 91.8 cm³/mol. The van der Waals surface area contributed by atoms with E-state index in [1.165, 1.54) is 6.07 Å². The number of rotatable bonds is 6. The summed E-state index contributed by atoms with van der Waals surface area (Å²) >= 11 is 5.56. The predicted octanol–water partition coefficient (Wildman–Crippen LogP) is 1.79. The van der Waals surface area contributed by atoms with Crippen molar-refractivity contribution in [1.29, 1.82) is 0 Å². The van der Waals surface area contributed by atoms with Crippen LogP contribution in [0.5, 0.6) is 0 Å². The highest BCUT2D eigenvalue weighted by Crippen LogP contribution is 2.36. The van der Waals surface area contributed by atoms with Crippen LogP contribution < -0.4 is 11.1 Å². The van der Waals surface area contributed by atoms with Crippen molar-refractivity contribution >= 4 is 29.1 Å². The zero-order valence-electron chi connectivity index (χ0n) is 14.0. The number of halogens is 4. The average molecular weight is 393 g/mol. The van der Waals surface area contributed by atoms with Crippen LogP contribution in [-0.4, -0.2) is 60.9 Å². The summed E-state index contributed by atoms with van der Waals surface area (Å²) in [5.41, 5.74) is 4.18. The van der Waals surface area contributed by atoms with E-state index in [0.29, 0.717) is 39.1 Å². The third-order valence-corrected chi connectivity index (χ3v) is 4.39. The van der Waals surface area contributed by atoms with Crippen LogP contribution in [0.1, 0.15) is 12.0 Å². The molecule has 144 valence electrons. The maximum Gasteiger partial charge on any atom is 0.417 e. The van der Waals surface area contributed by atoms with E-state index in [2.05, 4.69) is 10.2 Å². The minimum Gasteiger partial charge on any atom is -0.370 e. The van der Waals surface area contributed by atoms with E-state index in [0.717, 1.165) is 12.1 Å². The second-order valence-corrected chi connectivity index (χ2v) is 6.48. The Hall–Kier alpha value is -1.84. The lowest BCUT2D eigenvalue weighted by Crippen LogP contribution is -2.49. The van der Waals surface area contributed by atoms with E-state index in [1.807, 2.05) is 4.90 Å². The van der Waals surface area contributed by atoms with E-state index in [1.54, 1.807) is 0 Å². The molecule has 0 bridgehead atoms. The highest BCUT2D eigenvalue weighted by atomic mass is 35.5. The molecule has 10 heteroatoms. The first kappa shape index (κ1) is 20.5. The number of nitrogens with one attached hydrogen (secondary N) is 1. The van der Waals surface area contributed by atoms with Crippen LogP contribution in [0.3, 0.4) is 0 Å². The molecular weight excluding hydrogens is 373 g/mol. The van der Waals surface area contributed by atoms with Gasteiger partial charge in [0.2, 0.25) is 11.8 Å². The molecule has 6 nitrogen and oxygen atoms in total. The summed E-state index contributed by atoms with van der Waals surface area (Å²) in [4.78, 5) is 26.8. The molecule has 0 spiro atoms. The van der Waals surface area contributed by atoms with Crippen LogP contribution in [0, 0.1) is 0 Å². The van der Waals surface area contributed by atoms with Crippen LogP contribution in [0.2, 0.25) is 5.02 Å². The second-order valence-electron chi connectivity index (χ2n) is 6.07. The molecule has 0 unspecified atom stereocenters. The summed E-state index contributed by atoms with van der Waals surface area (Å²) in [6.07, 6.45) is -4.29. The van der Waals surface area contributed by atoms with Crippen LogP contribution in [0.15, 0.2) is 18.2 Å². The molecule has 0 saturated carbocycles. The zero-order valence-corrected chi connectivity index (χ0v) is 14.7. The number of primary amides is 1. The average Bonchev–Trinajstić information content (AvgIpc) is 2.55. The van der Waals surface area contributed by atoms with Crippen molar-refractivity contribution in [3.63, 3.8) is 0 Å².